The van der Waals surface area contributed by atoms with E-state index in [2.05, 4.69) is 64.6 Å². The van der Waals surface area contributed by atoms with Crippen molar-refractivity contribution in [3.8, 4) is 11.4 Å². The molecule has 1 N–H and O–H groups in total. The average Bonchev–Trinajstić information content (AvgIpc) is 2.82. The standard InChI is InChI=1S/C29H22N2O/c1-18-11-13-30-25(15-18)26-16-19(12-14-31-26)17-27(32)23-9-7-22-6-5-20-3-2-4-21-8-10-24(23)29(22)28(20)21/h2-16,27,32H,17H2,1H3. The second kappa shape index (κ2) is 7.40. The summed E-state index contributed by atoms with van der Waals surface area (Å²) in [5.41, 5.74) is 4.83. The summed E-state index contributed by atoms with van der Waals surface area (Å²) in [6.45, 7) is 2.05. The summed E-state index contributed by atoms with van der Waals surface area (Å²) < 4.78 is 0. The van der Waals surface area contributed by atoms with Crippen LogP contribution in [0.25, 0.3) is 43.7 Å². The van der Waals surface area contributed by atoms with E-state index >= 15 is 0 Å². The molecule has 3 heteroatoms. The Hall–Kier alpha value is -3.82. The van der Waals surface area contributed by atoms with Gasteiger partial charge in [-0.1, -0.05) is 54.6 Å². The SMILES string of the molecule is Cc1ccnc(-c2cc(CC(O)c3ccc4ccc5cccc6ccc3c4c56)ccn2)c1. The third-order valence-electron chi connectivity index (χ3n) is 6.35. The second-order valence-corrected chi connectivity index (χ2v) is 8.50. The quantitative estimate of drug-likeness (QED) is 0.330. The summed E-state index contributed by atoms with van der Waals surface area (Å²) >= 11 is 0. The Morgan fingerprint density at radius 2 is 1.38 bits per heavy atom. The largest absolute Gasteiger partial charge is 0.388 e. The molecule has 0 amide bonds. The Bertz CT molecular complexity index is 1570. The number of aryl methyl sites for hydroxylation is 1. The molecule has 0 saturated carbocycles. The smallest absolute Gasteiger partial charge is 0.0888 e. The van der Waals surface area contributed by atoms with Gasteiger partial charge in [0.05, 0.1) is 17.5 Å². The van der Waals surface area contributed by atoms with Crippen molar-refractivity contribution in [3.05, 3.63) is 108 Å². The van der Waals surface area contributed by atoms with Gasteiger partial charge in [-0.15, -0.1) is 0 Å². The Morgan fingerprint density at radius 1 is 0.719 bits per heavy atom. The molecule has 2 heterocycles. The number of aliphatic hydroxyl groups excluding tert-OH is 1. The third-order valence-corrected chi connectivity index (χ3v) is 6.35. The summed E-state index contributed by atoms with van der Waals surface area (Å²) in [6.07, 6.45) is 3.51. The van der Waals surface area contributed by atoms with E-state index in [-0.39, 0.29) is 0 Å². The normalized spacial score (nSPS) is 12.7. The topological polar surface area (TPSA) is 46.0 Å². The van der Waals surface area contributed by atoms with Gasteiger partial charge in [0, 0.05) is 18.8 Å². The van der Waals surface area contributed by atoms with Gasteiger partial charge in [-0.2, -0.15) is 0 Å². The summed E-state index contributed by atoms with van der Waals surface area (Å²) in [7, 11) is 0. The summed E-state index contributed by atoms with van der Waals surface area (Å²) in [5.74, 6) is 0. The number of hydrogen-bond acceptors (Lipinski definition) is 3. The first-order valence-corrected chi connectivity index (χ1v) is 10.9. The molecule has 0 aliphatic heterocycles. The van der Waals surface area contributed by atoms with Gasteiger partial charge in [0.2, 0.25) is 0 Å². The minimum atomic E-state index is -0.611. The van der Waals surface area contributed by atoms with Crippen LogP contribution in [0.2, 0.25) is 0 Å². The zero-order valence-electron chi connectivity index (χ0n) is 17.8. The lowest BCUT2D eigenvalue weighted by Crippen LogP contribution is -2.04. The first kappa shape index (κ1) is 18.9. The maximum Gasteiger partial charge on any atom is 0.0888 e. The van der Waals surface area contributed by atoms with Crippen LogP contribution in [0, 0.1) is 6.92 Å². The summed E-state index contributed by atoms with van der Waals surface area (Å²) in [4.78, 5) is 8.94. The molecule has 0 spiro atoms. The number of hydrogen-bond donors (Lipinski definition) is 1. The van der Waals surface area contributed by atoms with Crippen molar-refractivity contribution in [2.75, 3.05) is 0 Å². The minimum absolute atomic E-state index is 0.519. The maximum atomic E-state index is 11.3. The molecule has 0 fully saturated rings. The van der Waals surface area contributed by atoms with E-state index in [1.165, 1.54) is 26.9 Å². The minimum Gasteiger partial charge on any atom is -0.388 e. The Morgan fingerprint density at radius 3 is 2.16 bits per heavy atom. The lowest BCUT2D eigenvalue weighted by Gasteiger charge is -2.18. The molecule has 4 aromatic carbocycles. The molecule has 0 bridgehead atoms. The van der Waals surface area contributed by atoms with E-state index in [1.54, 1.807) is 12.4 Å². The Balaban J connectivity index is 1.41. The van der Waals surface area contributed by atoms with Crippen molar-refractivity contribution in [3.63, 3.8) is 0 Å². The van der Waals surface area contributed by atoms with Crippen molar-refractivity contribution in [1.82, 2.24) is 9.97 Å². The highest BCUT2D eigenvalue weighted by Gasteiger charge is 2.16. The molecular weight excluding hydrogens is 392 g/mol. The van der Waals surface area contributed by atoms with E-state index in [9.17, 15) is 5.11 Å². The van der Waals surface area contributed by atoms with Crippen molar-refractivity contribution < 1.29 is 5.11 Å². The van der Waals surface area contributed by atoms with Gasteiger partial charge in [-0.25, -0.2) is 0 Å². The van der Waals surface area contributed by atoms with Gasteiger partial charge in [0.25, 0.3) is 0 Å². The van der Waals surface area contributed by atoms with E-state index in [1.807, 2.05) is 31.2 Å². The van der Waals surface area contributed by atoms with E-state index in [4.69, 9.17) is 0 Å². The fourth-order valence-electron chi connectivity index (χ4n) is 4.80. The number of aromatic nitrogens is 2. The Kier molecular flexibility index (Phi) is 4.37. The number of benzene rings is 4. The Labute approximate surface area is 186 Å². The lowest BCUT2D eigenvalue weighted by molar-refractivity contribution is 0.180. The number of nitrogens with zero attached hydrogens (tertiary/aromatic N) is 2. The third kappa shape index (κ3) is 3.10. The maximum absolute atomic E-state index is 11.3. The van der Waals surface area contributed by atoms with Gasteiger partial charge in [0.15, 0.2) is 0 Å². The molecule has 6 rings (SSSR count). The van der Waals surface area contributed by atoms with Crippen molar-refractivity contribution in [1.29, 1.82) is 0 Å². The van der Waals surface area contributed by atoms with E-state index in [0.29, 0.717) is 6.42 Å². The molecule has 2 aromatic heterocycles. The van der Waals surface area contributed by atoms with Gasteiger partial charge >= 0.3 is 0 Å². The fourth-order valence-corrected chi connectivity index (χ4v) is 4.80. The van der Waals surface area contributed by atoms with Gasteiger partial charge < -0.3 is 5.11 Å². The number of aliphatic hydroxyl groups is 1. The monoisotopic (exact) mass is 414 g/mol. The van der Waals surface area contributed by atoms with Crippen molar-refractivity contribution >= 4 is 32.3 Å². The average molecular weight is 415 g/mol. The van der Waals surface area contributed by atoms with Crippen LogP contribution in [-0.2, 0) is 6.42 Å². The van der Waals surface area contributed by atoms with Crippen LogP contribution in [0.1, 0.15) is 22.8 Å². The molecule has 32 heavy (non-hydrogen) atoms. The van der Waals surface area contributed by atoms with Crippen molar-refractivity contribution in [2.45, 2.75) is 19.4 Å². The number of pyridine rings is 2. The van der Waals surface area contributed by atoms with Crippen LogP contribution in [0.3, 0.4) is 0 Å². The molecule has 1 atom stereocenters. The van der Waals surface area contributed by atoms with E-state index in [0.717, 1.165) is 33.5 Å². The highest BCUT2D eigenvalue weighted by Crippen LogP contribution is 2.38. The molecule has 0 saturated heterocycles. The number of rotatable bonds is 4. The molecule has 0 radical (unpaired) electrons. The van der Waals surface area contributed by atoms with Crippen molar-refractivity contribution in [2.24, 2.45) is 0 Å². The molecular formula is C29H22N2O. The first-order chi connectivity index (χ1) is 15.7. The molecule has 154 valence electrons. The molecule has 6 aromatic rings. The molecule has 3 nitrogen and oxygen atoms in total. The van der Waals surface area contributed by atoms with Crippen LogP contribution >= 0.6 is 0 Å². The zero-order chi connectivity index (χ0) is 21.7. The second-order valence-electron chi connectivity index (χ2n) is 8.50. The van der Waals surface area contributed by atoms with Crippen LogP contribution < -0.4 is 0 Å². The lowest BCUT2D eigenvalue weighted by atomic mass is 9.89. The predicted octanol–water partition coefficient (Wildman–Crippen LogP) is 6.63. The van der Waals surface area contributed by atoms with Crippen LogP contribution in [0.4, 0.5) is 0 Å². The van der Waals surface area contributed by atoms with Crippen LogP contribution in [0.15, 0.2) is 91.3 Å². The van der Waals surface area contributed by atoms with Gasteiger partial charge in [-0.3, -0.25) is 9.97 Å². The summed E-state index contributed by atoms with van der Waals surface area (Å²) in [6, 6.07) is 27.3. The first-order valence-electron chi connectivity index (χ1n) is 10.9. The zero-order valence-corrected chi connectivity index (χ0v) is 17.8. The van der Waals surface area contributed by atoms with Gasteiger partial charge in [-0.05, 0) is 80.2 Å². The summed E-state index contributed by atoms with van der Waals surface area (Å²) in [5, 5.41) is 18.6. The fraction of sp³-hybridized carbons (Fsp3) is 0.103. The molecule has 1 unspecified atom stereocenters. The molecule has 0 aliphatic carbocycles. The van der Waals surface area contributed by atoms with E-state index < -0.39 is 6.10 Å². The predicted molar refractivity (Wildman–Crippen MR) is 131 cm³/mol. The van der Waals surface area contributed by atoms with Crippen LogP contribution in [-0.4, -0.2) is 15.1 Å². The van der Waals surface area contributed by atoms with Gasteiger partial charge in [0.1, 0.15) is 0 Å². The molecule has 0 aliphatic rings. The highest BCUT2D eigenvalue weighted by atomic mass is 16.3. The highest BCUT2D eigenvalue weighted by molar-refractivity contribution is 6.23. The van der Waals surface area contributed by atoms with Crippen LogP contribution in [0.5, 0.6) is 0 Å².